The summed E-state index contributed by atoms with van der Waals surface area (Å²) in [5.41, 5.74) is 3.57. The van der Waals surface area contributed by atoms with Gasteiger partial charge in [0.2, 0.25) is 0 Å². The van der Waals surface area contributed by atoms with E-state index >= 15 is 0 Å². The van der Waals surface area contributed by atoms with Crippen LogP contribution in [0.5, 0.6) is 0 Å². The molecule has 0 aromatic carbocycles. The Balaban J connectivity index is 1.60. The highest BCUT2D eigenvalue weighted by Gasteiger charge is 2.41. The lowest BCUT2D eigenvalue weighted by atomic mass is 9.71. The van der Waals surface area contributed by atoms with Crippen LogP contribution in [-0.2, 0) is 0 Å². The number of hydrogen-bond donors (Lipinski definition) is 2. The van der Waals surface area contributed by atoms with Crippen molar-refractivity contribution < 1.29 is 10.2 Å². The van der Waals surface area contributed by atoms with E-state index in [9.17, 15) is 10.2 Å². The molecule has 3 aliphatic rings. The smallest absolute Gasteiger partial charge is 0.0784 e. The molecule has 0 aromatic rings. The van der Waals surface area contributed by atoms with Gasteiger partial charge in [-0.15, -0.1) is 0 Å². The molecule has 0 amide bonds. The first-order chi connectivity index (χ1) is 13.7. The second-order valence-corrected chi connectivity index (χ2v) is 10.9. The fraction of sp³-hybridized carbons (Fsp3) is 0.778. The fourth-order valence-electron chi connectivity index (χ4n) is 6.27. The fourth-order valence-corrected chi connectivity index (χ4v) is 6.27. The van der Waals surface area contributed by atoms with Gasteiger partial charge in [-0.2, -0.15) is 0 Å². The third-order valence-electron chi connectivity index (χ3n) is 7.99. The first kappa shape index (κ1) is 22.8. The maximum absolute atomic E-state index is 10.3. The van der Waals surface area contributed by atoms with Gasteiger partial charge < -0.3 is 10.2 Å². The van der Waals surface area contributed by atoms with E-state index in [0.717, 1.165) is 67.8 Å². The lowest BCUT2D eigenvalue weighted by Gasteiger charge is -2.34. The van der Waals surface area contributed by atoms with Gasteiger partial charge in [-0.1, -0.05) is 49.6 Å². The van der Waals surface area contributed by atoms with Gasteiger partial charge in [0.05, 0.1) is 11.7 Å². The standard InChI is InChI=1S/C27H44O2/c1-19(9-7-17-27(3,4)29)23-15-16-24-22(11-6-12-25(23)24)14-13-21-10-5-8-20(2)26(28)18-21/h13-14,19,23-26,28-29H,2,5-12,15-18H2,1,3-4H3/b21-13-,22-14+/t19-,23?,24-,25+,26+/m0/s1. The van der Waals surface area contributed by atoms with E-state index in [1.807, 2.05) is 13.8 Å². The molecular weight excluding hydrogens is 356 g/mol. The van der Waals surface area contributed by atoms with Gasteiger partial charge in [0.25, 0.3) is 0 Å². The van der Waals surface area contributed by atoms with E-state index in [4.69, 9.17) is 0 Å². The molecule has 0 aliphatic heterocycles. The summed E-state index contributed by atoms with van der Waals surface area (Å²) in [4.78, 5) is 0. The van der Waals surface area contributed by atoms with Crippen LogP contribution in [0.15, 0.2) is 35.5 Å². The van der Waals surface area contributed by atoms with Gasteiger partial charge >= 0.3 is 0 Å². The second kappa shape index (κ2) is 9.96. The lowest BCUT2D eigenvalue weighted by Crippen LogP contribution is -2.25. The van der Waals surface area contributed by atoms with Gasteiger partial charge in [0.15, 0.2) is 0 Å². The molecule has 3 fully saturated rings. The van der Waals surface area contributed by atoms with Crippen molar-refractivity contribution >= 4 is 0 Å². The van der Waals surface area contributed by atoms with E-state index in [0.29, 0.717) is 0 Å². The number of fused-ring (bicyclic) bond motifs is 1. The molecule has 0 radical (unpaired) electrons. The average Bonchev–Trinajstić information content (AvgIpc) is 3.02. The Labute approximate surface area is 179 Å². The van der Waals surface area contributed by atoms with E-state index < -0.39 is 5.60 Å². The predicted molar refractivity (Wildman–Crippen MR) is 123 cm³/mol. The summed E-state index contributed by atoms with van der Waals surface area (Å²) in [5.74, 6) is 3.28. The molecule has 1 unspecified atom stereocenters. The molecule has 0 spiro atoms. The maximum Gasteiger partial charge on any atom is 0.0784 e. The van der Waals surface area contributed by atoms with Gasteiger partial charge in [-0.25, -0.2) is 0 Å². The van der Waals surface area contributed by atoms with Gasteiger partial charge in [-0.3, -0.25) is 0 Å². The molecular formula is C27H44O2. The van der Waals surface area contributed by atoms with Gasteiger partial charge in [0.1, 0.15) is 0 Å². The summed E-state index contributed by atoms with van der Waals surface area (Å²) in [5, 5.41) is 20.3. The van der Waals surface area contributed by atoms with Crippen molar-refractivity contribution in [2.45, 2.75) is 110 Å². The monoisotopic (exact) mass is 400 g/mol. The lowest BCUT2D eigenvalue weighted by molar-refractivity contribution is 0.0652. The number of aliphatic hydroxyl groups is 2. The molecule has 3 rings (SSSR count). The number of allylic oxidation sites excluding steroid dienone is 3. The van der Waals surface area contributed by atoms with Crippen LogP contribution >= 0.6 is 0 Å². The minimum atomic E-state index is -0.524. The topological polar surface area (TPSA) is 40.5 Å². The Morgan fingerprint density at radius 1 is 1.10 bits per heavy atom. The zero-order valence-corrected chi connectivity index (χ0v) is 19.1. The molecule has 2 heteroatoms. The molecule has 0 heterocycles. The Kier molecular flexibility index (Phi) is 7.84. The zero-order chi connectivity index (χ0) is 21.0. The second-order valence-electron chi connectivity index (χ2n) is 10.9. The van der Waals surface area contributed by atoms with Crippen molar-refractivity contribution in [2.75, 3.05) is 0 Å². The molecule has 29 heavy (non-hydrogen) atoms. The molecule has 0 aromatic heterocycles. The molecule has 164 valence electrons. The highest BCUT2D eigenvalue weighted by molar-refractivity contribution is 5.25. The van der Waals surface area contributed by atoms with Crippen LogP contribution in [0.4, 0.5) is 0 Å². The largest absolute Gasteiger partial charge is 0.390 e. The molecule has 0 saturated heterocycles. The van der Waals surface area contributed by atoms with Crippen LogP contribution < -0.4 is 0 Å². The minimum absolute atomic E-state index is 0.345. The summed E-state index contributed by atoms with van der Waals surface area (Å²) < 4.78 is 0. The van der Waals surface area contributed by atoms with Crippen LogP contribution in [0.3, 0.4) is 0 Å². The predicted octanol–water partition coefficient (Wildman–Crippen LogP) is 6.73. The van der Waals surface area contributed by atoms with Crippen molar-refractivity contribution in [3.63, 3.8) is 0 Å². The Morgan fingerprint density at radius 3 is 2.66 bits per heavy atom. The van der Waals surface area contributed by atoms with Gasteiger partial charge in [0, 0.05) is 0 Å². The zero-order valence-electron chi connectivity index (χ0n) is 19.1. The molecule has 5 atom stereocenters. The van der Waals surface area contributed by atoms with Crippen molar-refractivity contribution in [1.29, 1.82) is 0 Å². The Bertz CT molecular complexity index is 621. The summed E-state index contributed by atoms with van der Waals surface area (Å²) in [6.45, 7) is 10.4. The first-order valence-corrected chi connectivity index (χ1v) is 12.2. The summed E-state index contributed by atoms with van der Waals surface area (Å²) in [7, 11) is 0. The van der Waals surface area contributed by atoms with Crippen LogP contribution in [0.2, 0.25) is 0 Å². The van der Waals surface area contributed by atoms with Gasteiger partial charge in [-0.05, 0) is 107 Å². The maximum atomic E-state index is 10.3. The summed E-state index contributed by atoms with van der Waals surface area (Å²) in [6, 6.07) is 0. The van der Waals surface area contributed by atoms with E-state index in [2.05, 4.69) is 25.7 Å². The quantitative estimate of drug-likeness (QED) is 0.383. The molecule has 0 bridgehead atoms. The molecule has 2 N–H and O–H groups in total. The van der Waals surface area contributed by atoms with E-state index in [-0.39, 0.29) is 6.10 Å². The number of hydrogen-bond acceptors (Lipinski definition) is 2. The van der Waals surface area contributed by atoms with Crippen molar-refractivity contribution in [2.24, 2.45) is 23.7 Å². The molecule has 2 nitrogen and oxygen atoms in total. The number of rotatable bonds is 6. The van der Waals surface area contributed by atoms with Crippen LogP contribution in [0.25, 0.3) is 0 Å². The molecule has 3 saturated carbocycles. The highest BCUT2D eigenvalue weighted by Crippen LogP contribution is 2.51. The summed E-state index contributed by atoms with van der Waals surface area (Å²) in [6.07, 6.45) is 18.5. The van der Waals surface area contributed by atoms with Crippen LogP contribution in [0.1, 0.15) is 97.8 Å². The van der Waals surface area contributed by atoms with Crippen LogP contribution in [0, 0.1) is 23.7 Å². The highest BCUT2D eigenvalue weighted by atomic mass is 16.3. The Morgan fingerprint density at radius 2 is 1.90 bits per heavy atom. The average molecular weight is 401 g/mol. The van der Waals surface area contributed by atoms with E-state index in [1.54, 1.807) is 5.57 Å². The number of aliphatic hydroxyl groups excluding tert-OH is 1. The summed E-state index contributed by atoms with van der Waals surface area (Å²) >= 11 is 0. The normalized spacial score (nSPS) is 35.0. The van der Waals surface area contributed by atoms with Crippen molar-refractivity contribution in [3.8, 4) is 0 Å². The SMILES string of the molecule is C=C1CCC/C(=C/C=C2\CCC[C@@H]3C([C@@H](C)CCCC(C)(C)O)CC[C@@H]23)C[C@H]1O. The van der Waals surface area contributed by atoms with Crippen LogP contribution in [-0.4, -0.2) is 21.9 Å². The third kappa shape index (κ3) is 6.31. The van der Waals surface area contributed by atoms with Crippen molar-refractivity contribution in [1.82, 2.24) is 0 Å². The minimum Gasteiger partial charge on any atom is -0.390 e. The first-order valence-electron chi connectivity index (χ1n) is 12.2. The third-order valence-corrected chi connectivity index (χ3v) is 7.99. The Hall–Kier alpha value is -0.860. The molecule has 3 aliphatic carbocycles. The van der Waals surface area contributed by atoms with Crippen molar-refractivity contribution in [3.05, 3.63) is 35.5 Å². The van der Waals surface area contributed by atoms with E-state index in [1.165, 1.54) is 44.1 Å².